The van der Waals surface area contributed by atoms with E-state index in [1.165, 1.54) is 7.11 Å². The molecule has 1 aliphatic heterocycles. The number of methoxy groups -OCH3 is 1. The number of hydrogen-bond donors (Lipinski definition) is 1. The average Bonchev–Trinajstić information content (AvgIpc) is 2.26. The van der Waals surface area contributed by atoms with Gasteiger partial charge in [-0.15, -0.1) is 12.4 Å². The molecule has 2 N–H and O–H groups in total. The molecule has 0 saturated carbocycles. The third kappa shape index (κ3) is 5.32. The van der Waals surface area contributed by atoms with Crippen molar-refractivity contribution in [3.8, 4) is 0 Å². The molecule has 0 radical (unpaired) electrons. The smallest absolute Gasteiger partial charge is 0.325 e. The van der Waals surface area contributed by atoms with Crippen molar-refractivity contribution in [2.24, 2.45) is 5.73 Å². The number of hydrogen-bond acceptors (Lipinski definition) is 5. The van der Waals surface area contributed by atoms with E-state index < -0.39 is 12.0 Å². The van der Waals surface area contributed by atoms with Crippen molar-refractivity contribution in [2.75, 3.05) is 26.9 Å². The summed E-state index contributed by atoms with van der Waals surface area (Å²) in [6.07, 6.45) is 1.90. The van der Waals surface area contributed by atoms with Crippen molar-refractivity contribution in [3.05, 3.63) is 0 Å². The molecule has 0 unspecified atom stereocenters. The first kappa shape index (κ1) is 14.6. The second-order valence-electron chi connectivity index (χ2n) is 3.27. The molecule has 0 amide bonds. The average molecular weight is 240 g/mol. The van der Waals surface area contributed by atoms with E-state index in [0.717, 1.165) is 26.1 Å². The highest BCUT2D eigenvalue weighted by Crippen LogP contribution is 2.10. The highest BCUT2D eigenvalue weighted by molar-refractivity contribution is 5.85. The number of rotatable bonds is 4. The molecule has 0 bridgehead atoms. The van der Waals surface area contributed by atoms with Crippen LogP contribution in [0.25, 0.3) is 0 Å². The van der Waals surface area contributed by atoms with Gasteiger partial charge >= 0.3 is 5.97 Å². The van der Waals surface area contributed by atoms with Crippen LogP contribution in [-0.2, 0) is 19.0 Å². The van der Waals surface area contributed by atoms with Crippen molar-refractivity contribution in [3.63, 3.8) is 0 Å². The molecule has 5 nitrogen and oxygen atoms in total. The van der Waals surface area contributed by atoms with Gasteiger partial charge in [0.1, 0.15) is 6.04 Å². The van der Waals surface area contributed by atoms with E-state index in [-0.39, 0.29) is 25.1 Å². The Bertz CT molecular complexity index is 185. The lowest BCUT2D eigenvalue weighted by Gasteiger charge is -2.23. The maximum absolute atomic E-state index is 10.9. The predicted molar refractivity (Wildman–Crippen MR) is 57.0 cm³/mol. The van der Waals surface area contributed by atoms with Gasteiger partial charge in [0.05, 0.1) is 19.8 Å². The Morgan fingerprint density at radius 1 is 1.53 bits per heavy atom. The fourth-order valence-electron chi connectivity index (χ4n) is 1.30. The minimum absolute atomic E-state index is 0. The Labute approximate surface area is 95.6 Å². The van der Waals surface area contributed by atoms with Crippen molar-refractivity contribution in [1.29, 1.82) is 0 Å². The molecule has 1 aliphatic rings. The van der Waals surface area contributed by atoms with Crippen LogP contribution in [0, 0.1) is 0 Å². The molecule has 1 rings (SSSR count). The summed E-state index contributed by atoms with van der Waals surface area (Å²) in [6, 6.07) is -0.678. The van der Waals surface area contributed by atoms with Gasteiger partial charge in [0.15, 0.2) is 0 Å². The van der Waals surface area contributed by atoms with Crippen molar-refractivity contribution >= 4 is 18.4 Å². The van der Waals surface area contributed by atoms with Crippen LogP contribution in [0.5, 0.6) is 0 Å². The summed E-state index contributed by atoms with van der Waals surface area (Å²) in [7, 11) is 1.32. The summed E-state index contributed by atoms with van der Waals surface area (Å²) in [5.41, 5.74) is 5.51. The van der Waals surface area contributed by atoms with Crippen LogP contribution >= 0.6 is 12.4 Å². The largest absolute Gasteiger partial charge is 0.468 e. The van der Waals surface area contributed by atoms with E-state index in [2.05, 4.69) is 4.74 Å². The van der Waals surface area contributed by atoms with Crippen molar-refractivity contribution < 1.29 is 19.0 Å². The van der Waals surface area contributed by atoms with E-state index >= 15 is 0 Å². The highest BCUT2D eigenvalue weighted by Gasteiger charge is 2.18. The highest BCUT2D eigenvalue weighted by atomic mass is 35.5. The van der Waals surface area contributed by atoms with E-state index in [4.69, 9.17) is 15.2 Å². The van der Waals surface area contributed by atoms with E-state index in [0.29, 0.717) is 0 Å². The van der Waals surface area contributed by atoms with Crippen molar-refractivity contribution in [2.45, 2.75) is 25.0 Å². The summed E-state index contributed by atoms with van der Waals surface area (Å²) < 4.78 is 15.1. The van der Waals surface area contributed by atoms with E-state index in [9.17, 15) is 4.79 Å². The van der Waals surface area contributed by atoms with Gasteiger partial charge in [-0.1, -0.05) is 0 Å². The lowest BCUT2D eigenvalue weighted by Crippen LogP contribution is -2.38. The van der Waals surface area contributed by atoms with Gasteiger partial charge in [-0.3, -0.25) is 4.79 Å². The summed E-state index contributed by atoms with van der Waals surface area (Å²) in [5.74, 6) is -0.433. The lowest BCUT2D eigenvalue weighted by atomic mass is 10.1. The zero-order chi connectivity index (χ0) is 10.4. The Hall–Kier alpha value is -0.360. The topological polar surface area (TPSA) is 70.8 Å². The number of nitrogens with two attached hydrogens (primary N) is 1. The third-order valence-corrected chi connectivity index (χ3v) is 2.18. The Morgan fingerprint density at radius 3 is 2.67 bits per heavy atom. The summed E-state index contributed by atoms with van der Waals surface area (Å²) in [4.78, 5) is 10.9. The summed E-state index contributed by atoms with van der Waals surface area (Å²) in [6.45, 7) is 1.66. The van der Waals surface area contributed by atoms with Crippen LogP contribution in [0.2, 0.25) is 0 Å². The first-order chi connectivity index (χ1) is 6.74. The van der Waals surface area contributed by atoms with Crippen LogP contribution < -0.4 is 5.73 Å². The Morgan fingerprint density at radius 2 is 2.13 bits per heavy atom. The fourth-order valence-corrected chi connectivity index (χ4v) is 1.30. The molecule has 0 aliphatic carbocycles. The predicted octanol–water partition coefficient (Wildman–Crippen LogP) is 0.104. The second-order valence-corrected chi connectivity index (χ2v) is 3.27. The van der Waals surface area contributed by atoms with Gasteiger partial charge in [-0.2, -0.15) is 0 Å². The number of ether oxygens (including phenoxy) is 3. The molecule has 0 aromatic carbocycles. The fraction of sp³-hybridized carbons (Fsp3) is 0.889. The van der Waals surface area contributed by atoms with E-state index in [1.807, 2.05) is 0 Å². The molecule has 0 aromatic rings. The minimum atomic E-state index is -0.678. The molecule has 1 fully saturated rings. The molecule has 15 heavy (non-hydrogen) atoms. The maximum Gasteiger partial charge on any atom is 0.325 e. The first-order valence-corrected chi connectivity index (χ1v) is 4.76. The standard InChI is InChI=1S/C9H17NO4.ClH/c1-12-9(11)8(10)6-14-7-2-4-13-5-3-7;/h7-8H,2-6,10H2,1H3;1H/t8-;/m0./s1. The normalized spacial score (nSPS) is 19.1. The number of halogens is 1. The monoisotopic (exact) mass is 239 g/mol. The molecule has 1 heterocycles. The molecule has 90 valence electrons. The summed E-state index contributed by atoms with van der Waals surface area (Å²) >= 11 is 0. The SMILES string of the molecule is COC(=O)[C@@H](N)COC1CCOCC1.Cl. The molecule has 1 atom stereocenters. The molecular weight excluding hydrogens is 222 g/mol. The number of carbonyl (C=O) groups excluding carboxylic acids is 1. The summed E-state index contributed by atoms with van der Waals surface area (Å²) in [5, 5.41) is 0. The van der Waals surface area contributed by atoms with Gasteiger partial charge in [0.25, 0.3) is 0 Å². The second kappa shape index (κ2) is 7.87. The lowest BCUT2D eigenvalue weighted by molar-refractivity contribution is -0.144. The zero-order valence-corrected chi connectivity index (χ0v) is 9.63. The first-order valence-electron chi connectivity index (χ1n) is 4.76. The molecule has 0 spiro atoms. The molecule has 6 heteroatoms. The van der Waals surface area contributed by atoms with Crippen LogP contribution in [-0.4, -0.2) is 45.0 Å². The van der Waals surface area contributed by atoms with Gasteiger partial charge in [-0.25, -0.2) is 0 Å². The Balaban J connectivity index is 0.00000196. The number of carbonyl (C=O) groups is 1. The van der Waals surface area contributed by atoms with Gasteiger partial charge in [0.2, 0.25) is 0 Å². The van der Waals surface area contributed by atoms with Crippen LogP contribution in [0.3, 0.4) is 0 Å². The zero-order valence-electron chi connectivity index (χ0n) is 8.81. The van der Waals surface area contributed by atoms with Crippen molar-refractivity contribution in [1.82, 2.24) is 0 Å². The van der Waals surface area contributed by atoms with Gasteiger partial charge in [0, 0.05) is 13.2 Å². The van der Waals surface area contributed by atoms with Crippen LogP contribution in [0.1, 0.15) is 12.8 Å². The Kier molecular flexibility index (Phi) is 7.68. The molecular formula is C9H18ClNO4. The minimum Gasteiger partial charge on any atom is -0.468 e. The van der Waals surface area contributed by atoms with E-state index in [1.54, 1.807) is 0 Å². The molecule has 1 saturated heterocycles. The van der Waals surface area contributed by atoms with Crippen LogP contribution in [0.15, 0.2) is 0 Å². The number of esters is 1. The van der Waals surface area contributed by atoms with Gasteiger partial charge < -0.3 is 19.9 Å². The van der Waals surface area contributed by atoms with Crippen LogP contribution in [0.4, 0.5) is 0 Å². The third-order valence-electron chi connectivity index (χ3n) is 2.18. The maximum atomic E-state index is 10.9. The molecule has 0 aromatic heterocycles. The van der Waals surface area contributed by atoms with Gasteiger partial charge in [-0.05, 0) is 12.8 Å². The quantitative estimate of drug-likeness (QED) is 0.705.